The second kappa shape index (κ2) is 6.02. The number of hydrogen-bond donors (Lipinski definition) is 0. The lowest BCUT2D eigenvalue weighted by molar-refractivity contribution is -0.129. The van der Waals surface area contributed by atoms with Gasteiger partial charge in [-0.15, -0.1) is 0 Å². The van der Waals surface area contributed by atoms with Crippen molar-refractivity contribution in [2.75, 3.05) is 14.1 Å². The average molecular weight is 298 g/mol. The lowest BCUT2D eigenvalue weighted by Gasteiger charge is -2.40. The van der Waals surface area contributed by atoms with E-state index in [0.717, 1.165) is 6.42 Å². The van der Waals surface area contributed by atoms with E-state index in [1.165, 1.54) is 5.57 Å². The van der Waals surface area contributed by atoms with Crippen LogP contribution in [0, 0.1) is 5.92 Å². The molecular weight excluding hydrogens is 266 g/mol. The van der Waals surface area contributed by atoms with E-state index in [1.807, 2.05) is 14.1 Å². The molecule has 3 nitrogen and oxygen atoms in total. The maximum atomic E-state index is 12.0. The fourth-order valence-electron chi connectivity index (χ4n) is 2.27. The van der Waals surface area contributed by atoms with Gasteiger partial charge in [0.25, 0.3) is 0 Å². The Balaban J connectivity index is 2.77. The Hall–Kier alpha value is -0.613. The fourth-order valence-corrected chi connectivity index (χ4v) is 3.64. The van der Waals surface area contributed by atoms with Crippen LogP contribution in [0.4, 0.5) is 0 Å². The summed E-state index contributed by atoms with van der Waals surface area (Å²) in [5.74, 6) is 0.420. The van der Waals surface area contributed by atoms with Crippen molar-refractivity contribution in [3.8, 4) is 0 Å². The van der Waals surface area contributed by atoms with Crippen LogP contribution >= 0.6 is 0 Å². The Labute approximate surface area is 125 Å². The highest BCUT2D eigenvalue weighted by atomic mass is 28.4. The number of carbonyl (C=O) groups excluding carboxylic acids is 1. The van der Waals surface area contributed by atoms with Crippen molar-refractivity contribution < 1.29 is 9.22 Å². The van der Waals surface area contributed by atoms with Gasteiger partial charge in [0.2, 0.25) is 5.91 Å². The van der Waals surface area contributed by atoms with Gasteiger partial charge in [-0.05, 0) is 31.5 Å². The lowest BCUT2D eigenvalue weighted by Crippen LogP contribution is -2.45. The molecule has 2 atom stereocenters. The summed E-state index contributed by atoms with van der Waals surface area (Å²) in [5.41, 5.74) is 1.35. The SMILES string of the molecule is CC1=C[C@H](CC(=O)N(C)C)[C@H](O[Si](C)(C)C(C)(C)C)C1. The molecule has 1 aliphatic carbocycles. The topological polar surface area (TPSA) is 29.5 Å². The second-order valence-corrected chi connectivity index (χ2v) is 12.5. The molecule has 0 heterocycles. The Bertz CT molecular complexity index is 394. The summed E-state index contributed by atoms with van der Waals surface area (Å²) < 4.78 is 6.54. The molecule has 0 saturated heterocycles. The summed E-state index contributed by atoms with van der Waals surface area (Å²) in [4.78, 5) is 13.6. The molecule has 1 aliphatic rings. The van der Waals surface area contributed by atoms with E-state index in [1.54, 1.807) is 4.90 Å². The zero-order valence-corrected chi connectivity index (χ0v) is 15.4. The molecule has 0 N–H and O–H groups in total. The highest BCUT2D eigenvalue weighted by Crippen LogP contribution is 2.41. The average Bonchev–Trinajstić information content (AvgIpc) is 2.56. The molecule has 1 amide bonds. The molecule has 0 spiro atoms. The number of nitrogens with zero attached hydrogens (tertiary/aromatic N) is 1. The summed E-state index contributed by atoms with van der Waals surface area (Å²) in [6.45, 7) is 13.5. The van der Waals surface area contributed by atoms with Crippen molar-refractivity contribution in [2.45, 2.75) is 64.8 Å². The molecule has 0 aliphatic heterocycles. The van der Waals surface area contributed by atoms with Gasteiger partial charge in [0.05, 0.1) is 6.10 Å². The van der Waals surface area contributed by atoms with E-state index in [-0.39, 0.29) is 23.0 Å². The summed E-state index contributed by atoms with van der Waals surface area (Å²) in [7, 11) is 1.86. The predicted octanol–water partition coefficient (Wildman–Crippen LogP) is 3.82. The largest absolute Gasteiger partial charge is 0.413 e. The van der Waals surface area contributed by atoms with Gasteiger partial charge >= 0.3 is 0 Å². The first-order chi connectivity index (χ1) is 8.94. The minimum atomic E-state index is -1.78. The van der Waals surface area contributed by atoms with Crippen molar-refractivity contribution in [1.82, 2.24) is 4.90 Å². The van der Waals surface area contributed by atoms with Crippen molar-refractivity contribution in [2.24, 2.45) is 5.92 Å². The molecule has 0 radical (unpaired) electrons. The smallest absolute Gasteiger partial charge is 0.222 e. The summed E-state index contributed by atoms with van der Waals surface area (Å²) in [6, 6.07) is 0. The van der Waals surface area contributed by atoms with Gasteiger partial charge < -0.3 is 9.33 Å². The highest BCUT2D eigenvalue weighted by molar-refractivity contribution is 6.74. The van der Waals surface area contributed by atoms with Crippen LogP contribution in [0.3, 0.4) is 0 Å². The van der Waals surface area contributed by atoms with E-state index in [0.29, 0.717) is 6.42 Å². The monoisotopic (exact) mass is 297 g/mol. The lowest BCUT2D eigenvalue weighted by atomic mass is 10.0. The van der Waals surface area contributed by atoms with Gasteiger partial charge in [0.1, 0.15) is 0 Å². The molecule has 20 heavy (non-hydrogen) atoms. The van der Waals surface area contributed by atoms with E-state index >= 15 is 0 Å². The highest BCUT2D eigenvalue weighted by Gasteiger charge is 2.41. The zero-order chi connectivity index (χ0) is 15.7. The van der Waals surface area contributed by atoms with Gasteiger partial charge in [-0.3, -0.25) is 4.79 Å². The van der Waals surface area contributed by atoms with Crippen LogP contribution in [-0.4, -0.2) is 39.3 Å². The third-order valence-corrected chi connectivity index (χ3v) is 9.16. The molecule has 4 heteroatoms. The van der Waals surface area contributed by atoms with Gasteiger partial charge in [0.15, 0.2) is 8.32 Å². The molecular formula is C16H31NO2Si. The van der Waals surface area contributed by atoms with Gasteiger partial charge in [-0.2, -0.15) is 0 Å². The Kier molecular flexibility index (Phi) is 5.25. The number of hydrogen-bond acceptors (Lipinski definition) is 2. The molecule has 0 aromatic rings. The maximum absolute atomic E-state index is 12.0. The van der Waals surface area contributed by atoms with Crippen molar-refractivity contribution in [3.05, 3.63) is 11.6 Å². The minimum absolute atomic E-state index is 0.180. The molecule has 0 aromatic heterocycles. The molecule has 1 rings (SSSR count). The predicted molar refractivity (Wildman–Crippen MR) is 87.2 cm³/mol. The van der Waals surface area contributed by atoms with Crippen LogP contribution in [-0.2, 0) is 9.22 Å². The Morgan fingerprint density at radius 3 is 2.40 bits per heavy atom. The minimum Gasteiger partial charge on any atom is -0.413 e. The van der Waals surface area contributed by atoms with E-state index in [2.05, 4.69) is 46.9 Å². The quantitative estimate of drug-likeness (QED) is 0.583. The van der Waals surface area contributed by atoms with Gasteiger partial charge in [0, 0.05) is 26.4 Å². The number of amides is 1. The molecule has 0 fully saturated rings. The first-order valence-electron chi connectivity index (χ1n) is 7.49. The van der Waals surface area contributed by atoms with Crippen LogP contribution in [0.25, 0.3) is 0 Å². The molecule has 116 valence electrons. The summed E-state index contributed by atoms with van der Waals surface area (Å²) in [6.07, 6.45) is 3.94. The zero-order valence-electron chi connectivity index (χ0n) is 14.4. The Morgan fingerprint density at radius 2 is 1.95 bits per heavy atom. The second-order valence-electron chi connectivity index (χ2n) is 7.79. The number of carbonyl (C=O) groups is 1. The van der Waals surface area contributed by atoms with Crippen LogP contribution in [0.5, 0.6) is 0 Å². The van der Waals surface area contributed by atoms with Gasteiger partial charge in [-0.1, -0.05) is 32.4 Å². The van der Waals surface area contributed by atoms with Crippen molar-refractivity contribution in [1.29, 1.82) is 0 Å². The van der Waals surface area contributed by atoms with Crippen molar-refractivity contribution >= 4 is 14.2 Å². The van der Waals surface area contributed by atoms with E-state index < -0.39 is 8.32 Å². The van der Waals surface area contributed by atoms with Crippen LogP contribution in [0.1, 0.15) is 40.5 Å². The molecule has 0 bridgehead atoms. The standard InChI is InChI=1S/C16H31NO2Si/c1-12-9-13(11-15(18)17(5)6)14(10-12)19-20(7,8)16(2,3)4/h9,13-14H,10-11H2,1-8H3/t13-,14-/m1/s1. The molecule has 0 saturated carbocycles. The third kappa shape index (κ3) is 4.19. The van der Waals surface area contributed by atoms with Crippen LogP contribution in [0.15, 0.2) is 11.6 Å². The normalized spacial score (nSPS) is 23.7. The third-order valence-electron chi connectivity index (χ3n) is 4.66. The Morgan fingerprint density at radius 1 is 1.40 bits per heavy atom. The van der Waals surface area contributed by atoms with Crippen LogP contribution in [0.2, 0.25) is 18.1 Å². The van der Waals surface area contributed by atoms with Crippen LogP contribution < -0.4 is 0 Å². The van der Waals surface area contributed by atoms with E-state index in [4.69, 9.17) is 4.43 Å². The first-order valence-corrected chi connectivity index (χ1v) is 10.4. The van der Waals surface area contributed by atoms with Crippen molar-refractivity contribution in [3.63, 3.8) is 0 Å². The summed E-state index contributed by atoms with van der Waals surface area (Å²) in [5, 5.41) is 0.208. The maximum Gasteiger partial charge on any atom is 0.222 e. The number of rotatable bonds is 4. The molecule has 0 unspecified atom stereocenters. The fraction of sp³-hybridized carbons (Fsp3) is 0.812. The van der Waals surface area contributed by atoms with Gasteiger partial charge in [-0.25, -0.2) is 0 Å². The molecule has 0 aromatic carbocycles. The van der Waals surface area contributed by atoms with E-state index in [9.17, 15) is 4.79 Å². The first kappa shape index (κ1) is 17.4. The summed E-state index contributed by atoms with van der Waals surface area (Å²) >= 11 is 0.